The number of rotatable bonds is 11. The van der Waals surface area contributed by atoms with Crippen LogP contribution in [-0.2, 0) is 16.0 Å². The summed E-state index contributed by atoms with van der Waals surface area (Å²) < 4.78 is 5.34. The van der Waals surface area contributed by atoms with Crippen LogP contribution >= 0.6 is 24.0 Å². The second-order valence-electron chi connectivity index (χ2n) is 6.62. The minimum absolute atomic E-state index is 0. The van der Waals surface area contributed by atoms with E-state index in [9.17, 15) is 4.79 Å². The molecule has 0 radical (unpaired) electrons. The number of para-hydroxylation sites is 1. The third-order valence-electron chi connectivity index (χ3n) is 4.56. The molecule has 0 spiro atoms. The molecular formula is C21H35IN4O2. The highest BCUT2D eigenvalue weighted by Crippen LogP contribution is 2.27. The normalized spacial score (nSPS) is 13.1. The van der Waals surface area contributed by atoms with Crippen molar-refractivity contribution in [2.75, 3.05) is 44.3 Å². The Kier molecular flexibility index (Phi) is 12.9. The fourth-order valence-electron chi connectivity index (χ4n) is 3.18. The summed E-state index contributed by atoms with van der Waals surface area (Å²) in [5, 5.41) is 6.60. The maximum absolute atomic E-state index is 12.5. The van der Waals surface area contributed by atoms with E-state index in [0.29, 0.717) is 13.0 Å². The zero-order valence-electron chi connectivity index (χ0n) is 17.2. The van der Waals surface area contributed by atoms with Crippen LogP contribution in [0.5, 0.6) is 0 Å². The number of halogens is 1. The maximum atomic E-state index is 12.5. The molecule has 1 aromatic rings. The van der Waals surface area contributed by atoms with Gasteiger partial charge in [0.05, 0.1) is 0 Å². The highest BCUT2D eigenvalue weighted by molar-refractivity contribution is 14.0. The molecule has 6 nitrogen and oxygen atoms in total. The number of nitrogens with zero attached hydrogens (tertiary/aromatic N) is 2. The molecule has 0 aliphatic carbocycles. The molecule has 0 bridgehead atoms. The summed E-state index contributed by atoms with van der Waals surface area (Å²) in [6.45, 7) is 8.81. The summed E-state index contributed by atoms with van der Waals surface area (Å²) in [5.74, 6) is 1.02. The molecule has 0 saturated carbocycles. The number of nitrogens with one attached hydrogen (secondary N) is 2. The minimum atomic E-state index is 0. The lowest BCUT2D eigenvalue weighted by Gasteiger charge is -2.17. The Balaban J connectivity index is 0.00000392. The Morgan fingerprint density at radius 3 is 2.79 bits per heavy atom. The fourth-order valence-corrected chi connectivity index (χ4v) is 3.18. The smallest absolute Gasteiger partial charge is 0.227 e. The predicted octanol–water partition coefficient (Wildman–Crippen LogP) is 3.35. The summed E-state index contributed by atoms with van der Waals surface area (Å²) in [6, 6.07) is 8.18. The number of hydrogen-bond acceptors (Lipinski definition) is 3. The second-order valence-corrected chi connectivity index (χ2v) is 6.62. The molecule has 0 aromatic heterocycles. The molecule has 1 aliphatic rings. The molecule has 1 aromatic carbocycles. The Bertz CT molecular complexity index is 610. The van der Waals surface area contributed by atoms with E-state index in [2.05, 4.69) is 28.6 Å². The highest BCUT2D eigenvalue weighted by Gasteiger charge is 2.23. The van der Waals surface area contributed by atoms with Crippen molar-refractivity contribution >= 4 is 41.5 Å². The molecule has 1 aliphatic heterocycles. The van der Waals surface area contributed by atoms with E-state index in [1.807, 2.05) is 30.0 Å². The Hall–Kier alpha value is -1.35. The molecular weight excluding hydrogens is 467 g/mol. The van der Waals surface area contributed by atoms with Gasteiger partial charge in [0, 0.05) is 51.5 Å². The minimum Gasteiger partial charge on any atom is -0.382 e. The van der Waals surface area contributed by atoms with Crippen LogP contribution in [0.4, 0.5) is 5.69 Å². The number of hydrogen-bond donors (Lipinski definition) is 2. The zero-order chi connectivity index (χ0) is 19.3. The van der Waals surface area contributed by atoms with Crippen LogP contribution in [0.3, 0.4) is 0 Å². The predicted molar refractivity (Wildman–Crippen MR) is 127 cm³/mol. The Morgan fingerprint density at radius 2 is 2.00 bits per heavy atom. The zero-order valence-corrected chi connectivity index (χ0v) is 19.5. The molecule has 0 atom stereocenters. The van der Waals surface area contributed by atoms with Crippen molar-refractivity contribution in [2.45, 2.75) is 46.0 Å². The van der Waals surface area contributed by atoms with Crippen molar-refractivity contribution in [2.24, 2.45) is 4.99 Å². The van der Waals surface area contributed by atoms with Gasteiger partial charge < -0.3 is 20.3 Å². The van der Waals surface area contributed by atoms with E-state index in [1.165, 1.54) is 5.56 Å². The van der Waals surface area contributed by atoms with Gasteiger partial charge in [-0.2, -0.15) is 0 Å². The van der Waals surface area contributed by atoms with Crippen molar-refractivity contribution < 1.29 is 9.53 Å². The molecule has 158 valence electrons. The van der Waals surface area contributed by atoms with E-state index in [0.717, 1.165) is 70.2 Å². The largest absolute Gasteiger partial charge is 0.382 e. The number of unbranched alkanes of at least 4 members (excludes halogenated alkanes) is 1. The lowest BCUT2D eigenvalue weighted by molar-refractivity contribution is -0.118. The molecule has 28 heavy (non-hydrogen) atoms. The van der Waals surface area contributed by atoms with Crippen LogP contribution < -0.4 is 15.5 Å². The summed E-state index contributed by atoms with van der Waals surface area (Å²) in [4.78, 5) is 19.0. The number of ether oxygens (including phenoxy) is 1. The van der Waals surface area contributed by atoms with Gasteiger partial charge in [-0.15, -0.1) is 24.0 Å². The van der Waals surface area contributed by atoms with Crippen molar-refractivity contribution in [3.05, 3.63) is 29.8 Å². The third-order valence-corrected chi connectivity index (χ3v) is 4.56. The van der Waals surface area contributed by atoms with Gasteiger partial charge in [0.25, 0.3) is 0 Å². The molecule has 0 saturated heterocycles. The number of amides is 1. The van der Waals surface area contributed by atoms with Gasteiger partial charge >= 0.3 is 0 Å². The van der Waals surface area contributed by atoms with E-state index >= 15 is 0 Å². The molecule has 7 heteroatoms. The van der Waals surface area contributed by atoms with Crippen LogP contribution in [0.1, 0.15) is 45.1 Å². The molecule has 2 N–H and O–H groups in total. The Morgan fingerprint density at radius 1 is 1.18 bits per heavy atom. The van der Waals surface area contributed by atoms with Crippen LogP contribution in [0, 0.1) is 0 Å². The molecule has 0 fully saturated rings. The lowest BCUT2D eigenvalue weighted by atomic mass is 10.2. The monoisotopic (exact) mass is 502 g/mol. The highest BCUT2D eigenvalue weighted by atomic mass is 127. The number of anilines is 1. The standard InChI is InChI=1S/C21H34N4O2.HI/c1-3-22-21(23-14-7-8-17-27-4-2)24-15-9-12-20(26)25-16-13-18-10-5-6-11-19(18)25;/h5-6,10-11H,3-4,7-9,12-17H2,1-2H3,(H2,22,23,24);1H. The van der Waals surface area contributed by atoms with E-state index in [-0.39, 0.29) is 29.9 Å². The number of aliphatic imine (C=N–C) groups is 1. The van der Waals surface area contributed by atoms with E-state index < -0.39 is 0 Å². The molecule has 0 unspecified atom stereocenters. The summed E-state index contributed by atoms with van der Waals surface area (Å²) in [5.41, 5.74) is 2.35. The molecule has 2 rings (SSSR count). The van der Waals surface area contributed by atoms with Crippen molar-refractivity contribution in [1.29, 1.82) is 0 Å². The second kappa shape index (κ2) is 14.6. The topological polar surface area (TPSA) is 66.0 Å². The summed E-state index contributed by atoms with van der Waals surface area (Å²) in [6.07, 6.45) is 4.35. The quantitative estimate of drug-likeness (QED) is 0.211. The first-order chi connectivity index (χ1) is 13.3. The van der Waals surface area contributed by atoms with Gasteiger partial charge in [-0.1, -0.05) is 18.2 Å². The van der Waals surface area contributed by atoms with Crippen molar-refractivity contribution in [3.8, 4) is 0 Å². The van der Waals surface area contributed by atoms with E-state index in [1.54, 1.807) is 0 Å². The number of benzene rings is 1. The first-order valence-corrected chi connectivity index (χ1v) is 10.2. The SMILES string of the molecule is CCNC(=NCCCC(=O)N1CCc2ccccc21)NCCCCOCC.I. The van der Waals surface area contributed by atoms with Crippen molar-refractivity contribution in [3.63, 3.8) is 0 Å². The third kappa shape index (κ3) is 8.34. The van der Waals surface area contributed by atoms with Crippen LogP contribution in [0.25, 0.3) is 0 Å². The first-order valence-electron chi connectivity index (χ1n) is 10.2. The Labute approximate surface area is 186 Å². The number of carbonyl (C=O) groups is 1. The van der Waals surface area contributed by atoms with Crippen LogP contribution in [0.15, 0.2) is 29.3 Å². The van der Waals surface area contributed by atoms with Crippen LogP contribution in [-0.4, -0.2) is 51.3 Å². The number of carbonyl (C=O) groups excluding carboxylic acids is 1. The van der Waals surface area contributed by atoms with Gasteiger partial charge in [0.15, 0.2) is 5.96 Å². The van der Waals surface area contributed by atoms with Crippen molar-refractivity contribution in [1.82, 2.24) is 10.6 Å². The average molecular weight is 502 g/mol. The van der Waals surface area contributed by atoms with Gasteiger partial charge in [-0.05, 0) is 51.2 Å². The van der Waals surface area contributed by atoms with Gasteiger partial charge in [0.1, 0.15) is 0 Å². The molecule has 1 amide bonds. The summed E-state index contributed by atoms with van der Waals surface area (Å²) >= 11 is 0. The van der Waals surface area contributed by atoms with Gasteiger partial charge in [0.2, 0.25) is 5.91 Å². The first kappa shape index (κ1) is 24.7. The van der Waals surface area contributed by atoms with Gasteiger partial charge in [-0.25, -0.2) is 0 Å². The average Bonchev–Trinajstić information content (AvgIpc) is 3.12. The summed E-state index contributed by atoms with van der Waals surface area (Å²) in [7, 11) is 0. The lowest BCUT2D eigenvalue weighted by Crippen LogP contribution is -2.38. The fraction of sp³-hybridized carbons (Fsp3) is 0.619. The number of guanidine groups is 1. The molecule has 1 heterocycles. The van der Waals surface area contributed by atoms with Gasteiger partial charge in [-0.3, -0.25) is 9.79 Å². The van der Waals surface area contributed by atoms with Crippen LogP contribution in [0.2, 0.25) is 0 Å². The maximum Gasteiger partial charge on any atom is 0.227 e. The van der Waals surface area contributed by atoms with E-state index in [4.69, 9.17) is 4.74 Å². The number of fused-ring (bicyclic) bond motifs is 1.